The first-order valence-corrected chi connectivity index (χ1v) is 7.33. The van der Waals surface area contributed by atoms with Crippen molar-refractivity contribution in [3.05, 3.63) is 35.2 Å². The van der Waals surface area contributed by atoms with E-state index in [0.717, 1.165) is 24.0 Å². The molecule has 1 aromatic carbocycles. The predicted octanol–water partition coefficient (Wildman–Crippen LogP) is 3.38. The number of aromatic nitrogens is 3. The molecule has 2 aromatic rings. The van der Waals surface area contributed by atoms with E-state index in [1.807, 2.05) is 26.0 Å². The quantitative estimate of drug-likeness (QED) is 0.938. The van der Waals surface area contributed by atoms with Gasteiger partial charge in [0.1, 0.15) is 6.33 Å². The fraction of sp³-hybridized carbons (Fsp3) is 0.438. The molecule has 0 unspecified atom stereocenters. The molecular formula is C16H19N3O2. The summed E-state index contributed by atoms with van der Waals surface area (Å²) < 4.78 is 2.06. The summed E-state index contributed by atoms with van der Waals surface area (Å²) in [6.07, 6.45) is 6.37. The third-order valence-electron chi connectivity index (χ3n) is 4.35. The highest BCUT2D eigenvalue weighted by molar-refractivity contribution is 5.97. The van der Waals surface area contributed by atoms with Gasteiger partial charge in [-0.3, -0.25) is 0 Å². The minimum atomic E-state index is -0.910. The van der Waals surface area contributed by atoms with Gasteiger partial charge in [0, 0.05) is 11.6 Å². The van der Waals surface area contributed by atoms with Gasteiger partial charge >= 0.3 is 5.97 Å². The molecule has 0 saturated heterocycles. The number of nitrogens with zero attached hydrogens (tertiary/aromatic N) is 3. The predicted molar refractivity (Wildman–Crippen MR) is 79.4 cm³/mol. The topological polar surface area (TPSA) is 68.0 Å². The van der Waals surface area contributed by atoms with Crippen molar-refractivity contribution in [1.82, 2.24) is 14.8 Å². The molecule has 0 radical (unpaired) electrons. The van der Waals surface area contributed by atoms with Crippen molar-refractivity contribution in [3.8, 4) is 11.4 Å². The van der Waals surface area contributed by atoms with Gasteiger partial charge in [-0.25, -0.2) is 4.79 Å². The smallest absolute Gasteiger partial charge is 0.336 e. The number of benzene rings is 1. The van der Waals surface area contributed by atoms with Crippen LogP contribution in [0.25, 0.3) is 11.4 Å². The van der Waals surface area contributed by atoms with Crippen molar-refractivity contribution in [2.24, 2.45) is 0 Å². The molecule has 1 fully saturated rings. The van der Waals surface area contributed by atoms with E-state index >= 15 is 0 Å². The lowest BCUT2D eigenvalue weighted by Crippen LogP contribution is -2.10. The zero-order chi connectivity index (χ0) is 15.0. The zero-order valence-corrected chi connectivity index (χ0v) is 12.3. The van der Waals surface area contributed by atoms with Crippen LogP contribution in [0.3, 0.4) is 0 Å². The average molecular weight is 285 g/mol. The van der Waals surface area contributed by atoms with Gasteiger partial charge in [-0.1, -0.05) is 25.0 Å². The molecule has 1 aliphatic carbocycles. The Hall–Kier alpha value is -2.17. The lowest BCUT2D eigenvalue weighted by Gasteiger charge is -2.17. The summed E-state index contributed by atoms with van der Waals surface area (Å²) in [6, 6.07) is 4.18. The number of carboxylic acids is 1. The second-order valence-corrected chi connectivity index (χ2v) is 5.75. The van der Waals surface area contributed by atoms with E-state index in [9.17, 15) is 9.90 Å². The number of aryl methyl sites for hydroxylation is 2. The van der Waals surface area contributed by atoms with Gasteiger partial charge in [-0.15, -0.1) is 10.2 Å². The fourth-order valence-electron chi connectivity index (χ4n) is 3.25. The molecule has 0 aliphatic heterocycles. The molecule has 0 amide bonds. The van der Waals surface area contributed by atoms with Crippen molar-refractivity contribution in [2.45, 2.75) is 45.6 Å². The number of carboxylic acid groups (broad SMARTS) is 1. The van der Waals surface area contributed by atoms with E-state index in [-0.39, 0.29) is 0 Å². The minimum Gasteiger partial charge on any atom is -0.478 e. The lowest BCUT2D eigenvalue weighted by atomic mass is 9.96. The van der Waals surface area contributed by atoms with Crippen molar-refractivity contribution < 1.29 is 9.90 Å². The van der Waals surface area contributed by atoms with Gasteiger partial charge in [0.2, 0.25) is 0 Å². The van der Waals surface area contributed by atoms with Crippen LogP contribution in [0.2, 0.25) is 0 Å². The zero-order valence-electron chi connectivity index (χ0n) is 12.3. The standard InChI is InChI=1S/C16H19N3O2/c1-10-7-8-11(2)14(16(20)21)13(10)15-18-17-9-19(15)12-5-3-4-6-12/h7-9,12H,3-6H2,1-2H3,(H,20,21). The molecule has 1 heterocycles. The summed E-state index contributed by atoms with van der Waals surface area (Å²) in [5, 5.41) is 17.8. The molecule has 110 valence electrons. The highest BCUT2D eigenvalue weighted by atomic mass is 16.4. The van der Waals surface area contributed by atoms with Crippen LogP contribution in [0, 0.1) is 13.8 Å². The number of hydrogen-bond acceptors (Lipinski definition) is 3. The Morgan fingerprint density at radius 2 is 1.90 bits per heavy atom. The van der Waals surface area contributed by atoms with Gasteiger partial charge in [0.05, 0.1) is 5.56 Å². The maximum atomic E-state index is 11.7. The second kappa shape index (κ2) is 5.31. The molecule has 21 heavy (non-hydrogen) atoms. The van der Waals surface area contributed by atoms with Crippen LogP contribution in [0.5, 0.6) is 0 Å². The number of aromatic carboxylic acids is 1. The Bertz CT molecular complexity index is 685. The summed E-state index contributed by atoms with van der Waals surface area (Å²) in [6.45, 7) is 3.75. The first kappa shape index (κ1) is 13.8. The molecule has 0 spiro atoms. The highest BCUT2D eigenvalue weighted by Crippen LogP contribution is 2.35. The molecular weight excluding hydrogens is 266 g/mol. The van der Waals surface area contributed by atoms with Crippen LogP contribution in [0.15, 0.2) is 18.5 Å². The first-order chi connectivity index (χ1) is 10.1. The number of rotatable bonds is 3. The lowest BCUT2D eigenvalue weighted by molar-refractivity contribution is 0.0696. The monoisotopic (exact) mass is 285 g/mol. The van der Waals surface area contributed by atoms with Gasteiger partial charge in [0.15, 0.2) is 5.82 Å². The van der Waals surface area contributed by atoms with Crippen LogP contribution in [0.1, 0.15) is 53.2 Å². The van der Waals surface area contributed by atoms with Crippen LogP contribution >= 0.6 is 0 Å². The van der Waals surface area contributed by atoms with E-state index in [1.54, 1.807) is 6.33 Å². The van der Waals surface area contributed by atoms with Gasteiger partial charge in [-0.2, -0.15) is 0 Å². The molecule has 1 N–H and O–H groups in total. The maximum Gasteiger partial charge on any atom is 0.336 e. The molecule has 5 nitrogen and oxygen atoms in total. The van der Waals surface area contributed by atoms with Gasteiger partial charge in [0.25, 0.3) is 0 Å². The molecule has 1 aliphatic rings. The molecule has 1 saturated carbocycles. The Labute approximate surface area is 123 Å². The Morgan fingerprint density at radius 3 is 2.57 bits per heavy atom. The largest absolute Gasteiger partial charge is 0.478 e. The van der Waals surface area contributed by atoms with E-state index in [2.05, 4.69) is 14.8 Å². The second-order valence-electron chi connectivity index (χ2n) is 5.75. The van der Waals surface area contributed by atoms with Crippen LogP contribution in [-0.4, -0.2) is 25.8 Å². The van der Waals surface area contributed by atoms with Crippen molar-refractivity contribution >= 4 is 5.97 Å². The molecule has 5 heteroatoms. The maximum absolute atomic E-state index is 11.7. The summed E-state index contributed by atoms with van der Waals surface area (Å²) in [5.41, 5.74) is 2.71. The van der Waals surface area contributed by atoms with E-state index < -0.39 is 5.97 Å². The Balaban J connectivity index is 2.19. The third kappa shape index (κ3) is 2.33. The van der Waals surface area contributed by atoms with Crippen molar-refractivity contribution in [2.75, 3.05) is 0 Å². The number of hydrogen-bond donors (Lipinski definition) is 1. The number of carbonyl (C=O) groups is 1. The molecule has 1 aromatic heterocycles. The first-order valence-electron chi connectivity index (χ1n) is 7.33. The SMILES string of the molecule is Cc1ccc(C)c(-c2nncn2C2CCCC2)c1C(=O)O. The summed E-state index contributed by atoms with van der Waals surface area (Å²) in [7, 11) is 0. The molecule has 0 bridgehead atoms. The van der Waals surface area contributed by atoms with Gasteiger partial charge < -0.3 is 9.67 Å². The minimum absolute atomic E-state index is 0.335. The normalized spacial score (nSPS) is 15.5. The van der Waals surface area contributed by atoms with Crippen LogP contribution in [-0.2, 0) is 0 Å². The van der Waals surface area contributed by atoms with E-state index in [1.165, 1.54) is 12.8 Å². The summed E-state index contributed by atoms with van der Waals surface area (Å²) in [4.78, 5) is 11.7. The van der Waals surface area contributed by atoms with Gasteiger partial charge in [-0.05, 0) is 37.8 Å². The molecule has 3 rings (SSSR count). The third-order valence-corrected chi connectivity index (χ3v) is 4.35. The Kier molecular flexibility index (Phi) is 3.49. The van der Waals surface area contributed by atoms with Crippen LogP contribution in [0.4, 0.5) is 0 Å². The fourth-order valence-corrected chi connectivity index (χ4v) is 3.25. The van der Waals surface area contributed by atoms with Crippen LogP contribution < -0.4 is 0 Å². The summed E-state index contributed by atoms with van der Waals surface area (Å²) in [5.74, 6) is -0.229. The summed E-state index contributed by atoms with van der Waals surface area (Å²) >= 11 is 0. The Morgan fingerprint density at radius 1 is 1.24 bits per heavy atom. The average Bonchev–Trinajstić information content (AvgIpc) is 3.09. The van der Waals surface area contributed by atoms with Crippen molar-refractivity contribution in [3.63, 3.8) is 0 Å². The molecule has 0 atom stereocenters. The highest BCUT2D eigenvalue weighted by Gasteiger charge is 2.25. The van der Waals surface area contributed by atoms with E-state index in [0.29, 0.717) is 23.0 Å². The van der Waals surface area contributed by atoms with Crippen molar-refractivity contribution in [1.29, 1.82) is 0 Å². The van der Waals surface area contributed by atoms with E-state index in [4.69, 9.17) is 0 Å².